The van der Waals surface area contributed by atoms with Gasteiger partial charge < -0.3 is 4.57 Å². The largest absolute Gasteiger partial charge is 0.309 e. The maximum absolute atomic E-state index is 2.43. The van der Waals surface area contributed by atoms with Crippen LogP contribution < -0.4 is 0 Å². The molecular formula is C48H31N. The molecule has 10 aromatic rings. The molecule has 0 bridgehead atoms. The number of aromatic nitrogens is 1. The van der Waals surface area contributed by atoms with Crippen LogP contribution in [-0.4, -0.2) is 4.57 Å². The summed E-state index contributed by atoms with van der Waals surface area (Å²) in [6, 6.07) is 68.7. The highest BCUT2D eigenvalue weighted by Crippen LogP contribution is 2.48. The molecule has 1 aromatic heterocycles. The second kappa shape index (κ2) is 11.1. The highest BCUT2D eigenvalue weighted by Gasteiger charge is 2.22. The van der Waals surface area contributed by atoms with Crippen LogP contribution in [-0.2, 0) is 0 Å². The summed E-state index contributed by atoms with van der Waals surface area (Å²) >= 11 is 0. The maximum atomic E-state index is 2.43. The van der Waals surface area contributed by atoms with E-state index in [9.17, 15) is 0 Å². The van der Waals surface area contributed by atoms with Crippen LogP contribution in [0.25, 0.3) is 93.2 Å². The van der Waals surface area contributed by atoms with E-state index >= 15 is 0 Å². The number of benzene rings is 9. The average Bonchev–Trinajstić information content (AvgIpc) is 3.51. The molecule has 228 valence electrons. The number of hydrogen-bond acceptors (Lipinski definition) is 0. The molecule has 0 fully saturated rings. The molecule has 0 radical (unpaired) electrons. The molecule has 0 spiro atoms. The van der Waals surface area contributed by atoms with Crippen molar-refractivity contribution in [2.45, 2.75) is 0 Å². The summed E-state index contributed by atoms with van der Waals surface area (Å²) in [5.74, 6) is 0. The van der Waals surface area contributed by atoms with Crippen molar-refractivity contribution in [1.82, 2.24) is 4.57 Å². The van der Waals surface area contributed by atoms with E-state index in [1.807, 2.05) is 0 Å². The predicted molar refractivity (Wildman–Crippen MR) is 210 cm³/mol. The smallest absolute Gasteiger partial charge is 0.0547 e. The molecule has 1 heterocycles. The normalized spacial score (nSPS) is 11.7. The summed E-state index contributed by atoms with van der Waals surface area (Å²) < 4.78 is 2.43. The fraction of sp³-hybridized carbons (Fsp3) is 0. The van der Waals surface area contributed by atoms with Crippen molar-refractivity contribution in [1.29, 1.82) is 0 Å². The molecule has 49 heavy (non-hydrogen) atoms. The Morgan fingerprint density at radius 2 is 0.837 bits per heavy atom. The lowest BCUT2D eigenvalue weighted by molar-refractivity contribution is 1.18. The Hall–Kier alpha value is -6.44. The van der Waals surface area contributed by atoms with Crippen molar-refractivity contribution >= 4 is 54.1 Å². The summed E-state index contributed by atoms with van der Waals surface area (Å²) in [7, 11) is 0. The van der Waals surface area contributed by atoms with Gasteiger partial charge in [0.2, 0.25) is 0 Å². The highest BCUT2D eigenvalue weighted by molar-refractivity contribution is 6.27. The van der Waals surface area contributed by atoms with E-state index < -0.39 is 0 Å². The van der Waals surface area contributed by atoms with Crippen LogP contribution in [0, 0.1) is 0 Å². The minimum Gasteiger partial charge on any atom is -0.309 e. The van der Waals surface area contributed by atoms with Crippen LogP contribution in [0.3, 0.4) is 0 Å². The quantitative estimate of drug-likeness (QED) is 0.172. The summed E-state index contributed by atoms with van der Waals surface area (Å²) in [4.78, 5) is 0. The molecule has 0 unspecified atom stereocenters. The summed E-state index contributed by atoms with van der Waals surface area (Å²) in [5.41, 5.74) is 11.1. The van der Waals surface area contributed by atoms with Crippen molar-refractivity contribution in [2.24, 2.45) is 0 Å². The van der Waals surface area contributed by atoms with Crippen molar-refractivity contribution in [3.05, 3.63) is 188 Å². The van der Waals surface area contributed by atoms with Crippen molar-refractivity contribution in [3.63, 3.8) is 0 Å². The second-order valence-electron chi connectivity index (χ2n) is 12.8. The fourth-order valence-electron chi connectivity index (χ4n) is 8.10. The molecule has 9 aromatic carbocycles. The zero-order valence-corrected chi connectivity index (χ0v) is 26.8. The first-order chi connectivity index (χ1) is 24.3. The highest BCUT2D eigenvalue weighted by atomic mass is 15.0. The maximum Gasteiger partial charge on any atom is 0.0547 e. The van der Waals surface area contributed by atoms with Crippen LogP contribution in [0.15, 0.2) is 188 Å². The molecule has 1 heteroatoms. The van der Waals surface area contributed by atoms with Gasteiger partial charge in [-0.2, -0.15) is 0 Å². The van der Waals surface area contributed by atoms with Gasteiger partial charge >= 0.3 is 0 Å². The molecular weight excluding hydrogens is 591 g/mol. The third-order valence-corrected chi connectivity index (χ3v) is 10.2. The standard InChI is InChI=1S/C48H31N/c1-3-15-32(16-4-1)34-29-30-44-43(31-34)48-42(27-14-28-45(48)49(44)35-19-5-2-6-20-35)47-40-24-11-9-22-38(40)46(39-23-10-12-25-41(39)47)37-26-13-18-33-17-7-8-21-36(33)37/h1-31H. The zero-order chi connectivity index (χ0) is 32.3. The Balaban J connectivity index is 1.37. The average molecular weight is 622 g/mol. The molecule has 0 saturated heterocycles. The van der Waals surface area contributed by atoms with Crippen LogP contribution in [0.2, 0.25) is 0 Å². The van der Waals surface area contributed by atoms with Crippen molar-refractivity contribution in [2.75, 3.05) is 0 Å². The SMILES string of the molecule is c1ccc(-c2ccc3c(c2)c2c(-c4c5ccccc5c(-c5cccc6ccccc56)c5ccccc45)cccc2n3-c2ccccc2)cc1. The van der Waals surface area contributed by atoms with Gasteiger partial charge in [0, 0.05) is 16.5 Å². The van der Waals surface area contributed by atoms with Gasteiger partial charge in [-0.05, 0) is 96.0 Å². The molecule has 0 atom stereocenters. The molecule has 0 N–H and O–H groups in total. The summed E-state index contributed by atoms with van der Waals surface area (Å²) in [5, 5.41) is 10.1. The first-order valence-corrected chi connectivity index (χ1v) is 17.0. The van der Waals surface area contributed by atoms with Crippen LogP contribution in [0.4, 0.5) is 0 Å². The number of rotatable bonds is 4. The Bertz CT molecular complexity index is 2800. The molecule has 0 aliphatic carbocycles. The third kappa shape index (κ3) is 4.26. The van der Waals surface area contributed by atoms with Crippen molar-refractivity contribution in [3.8, 4) is 39.1 Å². The fourth-order valence-corrected chi connectivity index (χ4v) is 8.10. The van der Waals surface area contributed by atoms with Crippen molar-refractivity contribution < 1.29 is 0 Å². The molecule has 0 amide bonds. The Morgan fingerprint density at radius 3 is 1.53 bits per heavy atom. The van der Waals surface area contributed by atoms with Crippen LogP contribution in [0.1, 0.15) is 0 Å². The Morgan fingerprint density at radius 1 is 0.306 bits per heavy atom. The van der Waals surface area contributed by atoms with E-state index in [-0.39, 0.29) is 0 Å². The molecule has 0 aliphatic heterocycles. The van der Waals surface area contributed by atoms with E-state index in [0.717, 1.165) is 5.69 Å². The second-order valence-corrected chi connectivity index (χ2v) is 12.8. The third-order valence-electron chi connectivity index (χ3n) is 10.2. The van der Waals surface area contributed by atoms with Gasteiger partial charge in [0.25, 0.3) is 0 Å². The van der Waals surface area contributed by atoms with Gasteiger partial charge in [0.1, 0.15) is 0 Å². The van der Waals surface area contributed by atoms with Gasteiger partial charge in [0.05, 0.1) is 11.0 Å². The first kappa shape index (κ1) is 27.7. The zero-order valence-electron chi connectivity index (χ0n) is 26.8. The number of hydrogen-bond donors (Lipinski definition) is 0. The summed E-state index contributed by atoms with van der Waals surface area (Å²) in [6.07, 6.45) is 0. The van der Waals surface area contributed by atoms with E-state index in [0.29, 0.717) is 0 Å². The molecule has 1 nitrogen and oxygen atoms in total. The first-order valence-electron chi connectivity index (χ1n) is 17.0. The van der Waals surface area contributed by atoms with Gasteiger partial charge in [-0.3, -0.25) is 0 Å². The lowest BCUT2D eigenvalue weighted by Crippen LogP contribution is -1.94. The minimum atomic E-state index is 1.16. The summed E-state index contributed by atoms with van der Waals surface area (Å²) in [6.45, 7) is 0. The van der Waals surface area contributed by atoms with E-state index in [4.69, 9.17) is 0 Å². The number of fused-ring (bicyclic) bond motifs is 6. The van der Waals surface area contributed by atoms with E-state index in [1.54, 1.807) is 0 Å². The lowest BCUT2D eigenvalue weighted by Gasteiger charge is -2.19. The van der Waals surface area contributed by atoms with Gasteiger partial charge in [-0.15, -0.1) is 0 Å². The topological polar surface area (TPSA) is 4.93 Å². The predicted octanol–water partition coefficient (Wildman–Crippen LogP) is 13.2. The van der Waals surface area contributed by atoms with Crippen LogP contribution >= 0.6 is 0 Å². The molecule has 0 saturated carbocycles. The Labute approximate surface area is 284 Å². The Kier molecular flexibility index (Phi) is 6.25. The molecule has 0 aliphatic rings. The van der Waals surface area contributed by atoms with Crippen LogP contribution in [0.5, 0.6) is 0 Å². The van der Waals surface area contributed by atoms with Gasteiger partial charge in [0.15, 0.2) is 0 Å². The van der Waals surface area contributed by atoms with E-state index in [1.165, 1.54) is 87.5 Å². The molecule has 10 rings (SSSR count). The number of nitrogens with zero attached hydrogens (tertiary/aromatic N) is 1. The lowest BCUT2D eigenvalue weighted by atomic mass is 9.84. The number of para-hydroxylation sites is 1. The van der Waals surface area contributed by atoms with Gasteiger partial charge in [-0.25, -0.2) is 0 Å². The monoisotopic (exact) mass is 621 g/mol. The van der Waals surface area contributed by atoms with E-state index in [2.05, 4.69) is 193 Å². The van der Waals surface area contributed by atoms with Gasteiger partial charge in [-0.1, -0.05) is 158 Å². The minimum absolute atomic E-state index is 1.16.